The summed E-state index contributed by atoms with van der Waals surface area (Å²) in [5, 5.41) is 0.507. The van der Waals surface area contributed by atoms with Crippen molar-refractivity contribution in [2.45, 2.75) is 0 Å². The molecular weight excluding hydrogens is 362 g/mol. The van der Waals surface area contributed by atoms with E-state index >= 15 is 0 Å². The maximum atomic E-state index is 6.30. The van der Waals surface area contributed by atoms with Gasteiger partial charge < -0.3 is 19.6 Å². The number of halogens is 1. The van der Waals surface area contributed by atoms with Crippen LogP contribution in [0.5, 0.6) is 11.5 Å². The molecule has 0 unspecified atom stereocenters. The van der Waals surface area contributed by atoms with Gasteiger partial charge in [0.05, 0.1) is 24.9 Å². The molecule has 0 bridgehead atoms. The maximum absolute atomic E-state index is 6.30. The number of methoxy groups -OCH3 is 2. The lowest BCUT2D eigenvalue weighted by Gasteiger charge is -2.10. The summed E-state index contributed by atoms with van der Waals surface area (Å²) in [6.45, 7) is 0. The third-order valence-electron chi connectivity index (χ3n) is 4.45. The predicted octanol–water partition coefficient (Wildman–Crippen LogP) is 4.92. The van der Waals surface area contributed by atoms with Gasteiger partial charge in [0.15, 0.2) is 0 Å². The van der Waals surface area contributed by atoms with Crippen molar-refractivity contribution < 1.29 is 9.47 Å². The zero-order valence-corrected chi connectivity index (χ0v) is 15.7. The molecule has 2 N–H and O–H groups in total. The van der Waals surface area contributed by atoms with Gasteiger partial charge in [0, 0.05) is 29.7 Å². The first-order chi connectivity index (χ1) is 13.1. The molecule has 0 saturated heterocycles. The van der Waals surface area contributed by atoms with Gasteiger partial charge in [-0.25, -0.2) is 4.98 Å². The topological polar surface area (TPSA) is 61.8 Å². The van der Waals surface area contributed by atoms with Gasteiger partial charge in [-0.1, -0.05) is 23.7 Å². The van der Waals surface area contributed by atoms with Crippen molar-refractivity contribution in [3.05, 3.63) is 65.9 Å². The molecule has 4 aromatic rings. The number of imidazole rings is 1. The summed E-state index contributed by atoms with van der Waals surface area (Å²) in [4.78, 5) is 4.75. The zero-order chi connectivity index (χ0) is 19.0. The average Bonchev–Trinajstić information content (AvgIpc) is 3.11. The Labute approximate surface area is 161 Å². The molecule has 5 nitrogen and oxygen atoms in total. The van der Waals surface area contributed by atoms with Crippen LogP contribution in [0.2, 0.25) is 5.02 Å². The number of pyridine rings is 1. The second kappa shape index (κ2) is 6.85. The second-order valence-electron chi connectivity index (χ2n) is 6.12. The Hall–Kier alpha value is -3.18. The fourth-order valence-corrected chi connectivity index (χ4v) is 3.27. The predicted molar refractivity (Wildman–Crippen MR) is 109 cm³/mol. The minimum atomic E-state index is 0.507. The number of nitrogen functional groups attached to an aromatic ring is 1. The van der Waals surface area contributed by atoms with Crippen molar-refractivity contribution in [3.63, 3.8) is 0 Å². The first-order valence-corrected chi connectivity index (χ1v) is 8.73. The summed E-state index contributed by atoms with van der Waals surface area (Å²) >= 11 is 6.30. The lowest BCUT2D eigenvalue weighted by atomic mass is 10.1. The lowest BCUT2D eigenvalue weighted by molar-refractivity contribution is 0.395. The number of rotatable bonds is 4. The minimum Gasteiger partial charge on any atom is -0.496 e. The highest BCUT2D eigenvalue weighted by Gasteiger charge is 2.15. The number of nitrogens with zero attached hydrogens (tertiary/aromatic N) is 2. The van der Waals surface area contributed by atoms with E-state index in [-0.39, 0.29) is 0 Å². The molecule has 0 saturated carbocycles. The first-order valence-electron chi connectivity index (χ1n) is 8.35. The van der Waals surface area contributed by atoms with Crippen molar-refractivity contribution >= 4 is 22.9 Å². The normalized spacial score (nSPS) is 10.9. The molecule has 27 heavy (non-hydrogen) atoms. The van der Waals surface area contributed by atoms with Gasteiger partial charge in [-0.15, -0.1) is 0 Å². The van der Waals surface area contributed by atoms with Crippen LogP contribution in [0.25, 0.3) is 28.0 Å². The summed E-state index contributed by atoms with van der Waals surface area (Å²) < 4.78 is 12.7. The van der Waals surface area contributed by atoms with Gasteiger partial charge in [0.2, 0.25) is 0 Å². The molecule has 0 atom stereocenters. The van der Waals surface area contributed by atoms with E-state index in [4.69, 9.17) is 31.8 Å². The summed E-state index contributed by atoms with van der Waals surface area (Å²) in [6, 6.07) is 15.4. The number of ether oxygens (including phenoxy) is 2. The van der Waals surface area contributed by atoms with Crippen LogP contribution in [0.3, 0.4) is 0 Å². The molecule has 136 valence electrons. The van der Waals surface area contributed by atoms with Crippen LogP contribution in [-0.4, -0.2) is 23.6 Å². The van der Waals surface area contributed by atoms with Crippen molar-refractivity contribution in [2.75, 3.05) is 20.0 Å². The zero-order valence-electron chi connectivity index (χ0n) is 14.9. The number of hydrogen-bond donors (Lipinski definition) is 1. The van der Waals surface area contributed by atoms with Crippen molar-refractivity contribution in [1.82, 2.24) is 9.38 Å². The summed E-state index contributed by atoms with van der Waals surface area (Å²) in [5.74, 6) is 1.21. The third kappa shape index (κ3) is 3.17. The number of nitrogens with two attached hydrogens (primary N) is 1. The number of anilines is 1. The largest absolute Gasteiger partial charge is 0.496 e. The van der Waals surface area contributed by atoms with Crippen molar-refractivity contribution in [1.29, 1.82) is 0 Å². The van der Waals surface area contributed by atoms with Crippen LogP contribution >= 0.6 is 11.6 Å². The second-order valence-corrected chi connectivity index (χ2v) is 6.52. The van der Waals surface area contributed by atoms with Crippen LogP contribution in [0.4, 0.5) is 5.69 Å². The summed E-state index contributed by atoms with van der Waals surface area (Å²) in [7, 11) is 3.19. The third-order valence-corrected chi connectivity index (χ3v) is 4.75. The van der Waals surface area contributed by atoms with E-state index in [1.807, 2.05) is 59.3 Å². The van der Waals surface area contributed by atoms with Crippen LogP contribution in [0.15, 0.2) is 60.9 Å². The van der Waals surface area contributed by atoms with Gasteiger partial charge in [0.25, 0.3) is 0 Å². The highest BCUT2D eigenvalue weighted by atomic mass is 35.5. The van der Waals surface area contributed by atoms with E-state index in [1.165, 1.54) is 0 Å². The SMILES string of the molecule is COc1cc(OC)c(-c2cn3ccc(-c4ccc(N)cc4)cc3n2)cc1Cl. The maximum Gasteiger partial charge on any atom is 0.141 e. The Morgan fingerprint density at radius 3 is 2.37 bits per heavy atom. The Kier molecular flexibility index (Phi) is 4.38. The Morgan fingerprint density at radius 1 is 0.926 bits per heavy atom. The van der Waals surface area contributed by atoms with Gasteiger partial charge in [-0.2, -0.15) is 0 Å². The quantitative estimate of drug-likeness (QED) is 0.511. The number of benzene rings is 2. The monoisotopic (exact) mass is 379 g/mol. The molecule has 0 fully saturated rings. The van der Waals surface area contributed by atoms with Gasteiger partial charge in [-0.3, -0.25) is 0 Å². The minimum absolute atomic E-state index is 0.507. The van der Waals surface area contributed by atoms with Crippen molar-refractivity contribution in [3.8, 4) is 33.9 Å². The molecule has 2 aromatic carbocycles. The van der Waals surface area contributed by atoms with E-state index in [9.17, 15) is 0 Å². The van der Waals surface area contributed by atoms with E-state index in [0.29, 0.717) is 16.5 Å². The average molecular weight is 380 g/mol. The molecule has 2 heterocycles. The Balaban J connectivity index is 1.80. The fraction of sp³-hybridized carbons (Fsp3) is 0.0952. The number of hydrogen-bond acceptors (Lipinski definition) is 4. The Morgan fingerprint density at radius 2 is 1.67 bits per heavy atom. The molecule has 0 aliphatic carbocycles. The highest BCUT2D eigenvalue weighted by molar-refractivity contribution is 6.32. The molecule has 0 amide bonds. The molecule has 0 aliphatic heterocycles. The van der Waals surface area contributed by atoms with Crippen molar-refractivity contribution in [2.24, 2.45) is 0 Å². The van der Waals surface area contributed by atoms with Gasteiger partial charge in [0.1, 0.15) is 17.1 Å². The van der Waals surface area contributed by atoms with Crippen LogP contribution in [0, 0.1) is 0 Å². The standard InChI is InChI=1S/C21H18ClN3O2/c1-26-19-11-20(27-2)17(22)10-16(19)18-12-25-8-7-14(9-21(25)24-18)13-3-5-15(23)6-4-13/h3-12H,23H2,1-2H3. The molecule has 0 radical (unpaired) electrons. The van der Waals surface area contributed by atoms with Crippen LogP contribution < -0.4 is 15.2 Å². The van der Waals surface area contributed by atoms with E-state index < -0.39 is 0 Å². The fourth-order valence-electron chi connectivity index (χ4n) is 3.03. The van der Waals surface area contributed by atoms with Crippen LogP contribution in [-0.2, 0) is 0 Å². The first kappa shape index (κ1) is 17.2. The summed E-state index contributed by atoms with van der Waals surface area (Å²) in [6.07, 6.45) is 3.93. The Bertz CT molecular complexity index is 1120. The molecular formula is C21H18ClN3O2. The summed E-state index contributed by atoms with van der Waals surface area (Å²) in [5.41, 5.74) is 11.1. The van der Waals surface area contributed by atoms with E-state index in [0.717, 1.165) is 33.7 Å². The smallest absolute Gasteiger partial charge is 0.141 e. The molecule has 0 aliphatic rings. The van der Waals surface area contributed by atoms with Gasteiger partial charge >= 0.3 is 0 Å². The molecule has 4 rings (SSSR count). The molecule has 6 heteroatoms. The van der Waals surface area contributed by atoms with E-state index in [2.05, 4.69) is 0 Å². The number of aromatic nitrogens is 2. The number of fused-ring (bicyclic) bond motifs is 1. The lowest BCUT2D eigenvalue weighted by Crippen LogP contribution is -1.91. The highest BCUT2D eigenvalue weighted by Crippen LogP contribution is 2.38. The van der Waals surface area contributed by atoms with Gasteiger partial charge in [-0.05, 0) is 41.5 Å². The van der Waals surface area contributed by atoms with E-state index in [1.54, 1.807) is 20.3 Å². The molecule has 2 aromatic heterocycles. The molecule has 0 spiro atoms. The van der Waals surface area contributed by atoms with Crippen LogP contribution in [0.1, 0.15) is 0 Å².